The third kappa shape index (κ3) is 6.78. The number of nitrogens with zero attached hydrogens (tertiary/aromatic N) is 5. The van der Waals surface area contributed by atoms with Crippen LogP contribution in [0.2, 0.25) is 0 Å². The van der Waals surface area contributed by atoms with Crippen LogP contribution in [-0.2, 0) is 15.7 Å². The maximum atomic E-state index is 13.6. The van der Waals surface area contributed by atoms with E-state index in [1.54, 1.807) is 30.5 Å². The number of ether oxygens (including phenoxy) is 1. The number of carbonyl (C=O) groups is 2. The van der Waals surface area contributed by atoms with Gasteiger partial charge in [0.15, 0.2) is 0 Å². The van der Waals surface area contributed by atoms with Gasteiger partial charge in [0.25, 0.3) is 5.91 Å². The smallest absolute Gasteiger partial charge is 0.382 e. The molecule has 2 amide bonds. The molecule has 7 rings (SSSR count). The Morgan fingerprint density at radius 3 is 2.47 bits per heavy atom. The molecule has 2 aromatic carbocycles. The number of carbonyl (C=O) groups excluding carboxylic acids is 2. The van der Waals surface area contributed by atoms with Gasteiger partial charge in [0.05, 0.1) is 36.1 Å². The summed E-state index contributed by atoms with van der Waals surface area (Å²) in [6.07, 6.45) is 3.23. The molecule has 0 bridgehead atoms. The standard InChI is InChI=1S/C37H33F4N7O3/c1-36(20-51-21-36)35(50)47-16-2-3-25(19-47)33-46-30(31-32(42)44-18-28(48(31)33)13-6-22-4-11-27(38)12-5-22)23-7-9-24(10-8-23)34(49)45-29-17-26(14-15-43-29)37(39,40)41/h4-15,17-18,25H,2-3,16,19-21H2,1H3,(H2,42,44)(H,43,45,49)/t25-/m1/s1. The Morgan fingerprint density at radius 1 is 1.04 bits per heavy atom. The summed E-state index contributed by atoms with van der Waals surface area (Å²) in [5, 5.41) is 2.42. The molecule has 3 aromatic heterocycles. The second-order valence-corrected chi connectivity index (χ2v) is 13.1. The van der Waals surface area contributed by atoms with Crippen molar-refractivity contribution in [3.8, 4) is 11.3 Å². The summed E-state index contributed by atoms with van der Waals surface area (Å²) in [5.74, 6) is -0.441. The first-order valence-corrected chi connectivity index (χ1v) is 16.3. The van der Waals surface area contributed by atoms with Crippen LogP contribution in [0.1, 0.15) is 58.7 Å². The van der Waals surface area contributed by atoms with Gasteiger partial charge < -0.3 is 20.7 Å². The third-order valence-corrected chi connectivity index (χ3v) is 9.24. The number of imidazole rings is 1. The van der Waals surface area contributed by atoms with Crippen molar-refractivity contribution in [3.63, 3.8) is 0 Å². The Bertz CT molecular complexity index is 2140. The molecule has 51 heavy (non-hydrogen) atoms. The van der Waals surface area contributed by atoms with Crippen molar-refractivity contribution >= 4 is 41.1 Å². The first-order valence-electron chi connectivity index (χ1n) is 16.3. The normalized spacial score (nSPS) is 17.4. The SMILES string of the molecule is CC1(C(=O)N2CCC[C@@H](c3nc(-c4ccc(C(=O)Nc5cc(C(F)(F)F)ccn5)cc4)c4c(N)ncc(C=Cc5ccc(F)cc5)n34)C2)COC1. The lowest BCUT2D eigenvalue weighted by Crippen LogP contribution is -2.55. The first-order chi connectivity index (χ1) is 24.4. The van der Waals surface area contributed by atoms with Gasteiger partial charge in [-0.25, -0.2) is 19.3 Å². The molecule has 2 aliphatic rings. The summed E-state index contributed by atoms with van der Waals surface area (Å²) < 4.78 is 60.4. The second kappa shape index (κ2) is 13.2. The molecule has 2 saturated heterocycles. The number of hydrogen-bond acceptors (Lipinski definition) is 7. The van der Waals surface area contributed by atoms with E-state index in [0.29, 0.717) is 54.6 Å². The number of likely N-dealkylation sites (tertiary alicyclic amines) is 1. The van der Waals surface area contributed by atoms with Crippen LogP contribution in [0.25, 0.3) is 28.9 Å². The van der Waals surface area contributed by atoms with E-state index in [9.17, 15) is 27.2 Å². The van der Waals surface area contributed by atoms with Crippen molar-refractivity contribution in [2.24, 2.45) is 5.41 Å². The fourth-order valence-electron chi connectivity index (χ4n) is 6.47. The Balaban J connectivity index is 1.25. The molecular weight excluding hydrogens is 666 g/mol. The van der Waals surface area contributed by atoms with Gasteiger partial charge in [0.1, 0.15) is 34.5 Å². The fourth-order valence-corrected chi connectivity index (χ4v) is 6.47. The quantitative estimate of drug-likeness (QED) is 0.181. The van der Waals surface area contributed by atoms with Crippen LogP contribution in [0.3, 0.4) is 0 Å². The minimum Gasteiger partial charge on any atom is -0.382 e. The molecule has 0 saturated carbocycles. The predicted molar refractivity (Wildman–Crippen MR) is 183 cm³/mol. The number of rotatable bonds is 7. The van der Waals surface area contributed by atoms with Crippen LogP contribution in [0.15, 0.2) is 73.1 Å². The zero-order valence-electron chi connectivity index (χ0n) is 27.5. The van der Waals surface area contributed by atoms with Crippen LogP contribution >= 0.6 is 0 Å². The number of amides is 2. The number of aromatic nitrogens is 4. The maximum Gasteiger partial charge on any atom is 0.416 e. The summed E-state index contributed by atoms with van der Waals surface area (Å²) in [6.45, 7) is 3.75. The Kier molecular flexibility index (Phi) is 8.79. The minimum atomic E-state index is -4.58. The van der Waals surface area contributed by atoms with E-state index in [0.717, 1.165) is 36.7 Å². The summed E-state index contributed by atoms with van der Waals surface area (Å²) in [6, 6.07) is 14.1. The number of hydrogen-bond donors (Lipinski definition) is 2. The predicted octanol–water partition coefficient (Wildman–Crippen LogP) is 6.70. The van der Waals surface area contributed by atoms with E-state index in [-0.39, 0.29) is 34.8 Å². The number of pyridine rings is 1. The number of nitrogens with one attached hydrogen (secondary N) is 1. The largest absolute Gasteiger partial charge is 0.416 e. The number of benzene rings is 2. The number of fused-ring (bicyclic) bond motifs is 1. The number of piperidine rings is 1. The molecule has 262 valence electrons. The molecule has 0 aliphatic carbocycles. The lowest BCUT2D eigenvalue weighted by molar-refractivity contribution is -0.170. The molecule has 10 nitrogen and oxygen atoms in total. The van der Waals surface area contributed by atoms with Crippen molar-refractivity contribution < 1.29 is 31.9 Å². The van der Waals surface area contributed by atoms with Crippen molar-refractivity contribution in [3.05, 3.63) is 107 Å². The van der Waals surface area contributed by atoms with Crippen LogP contribution < -0.4 is 11.1 Å². The Hall–Kier alpha value is -5.63. The summed E-state index contributed by atoms with van der Waals surface area (Å²) in [7, 11) is 0. The van der Waals surface area contributed by atoms with E-state index in [1.165, 1.54) is 24.3 Å². The highest BCUT2D eigenvalue weighted by molar-refractivity contribution is 6.04. The van der Waals surface area contributed by atoms with E-state index >= 15 is 0 Å². The number of alkyl halides is 3. The molecule has 0 spiro atoms. The van der Waals surface area contributed by atoms with Gasteiger partial charge >= 0.3 is 6.18 Å². The number of nitrogen functional groups attached to an aromatic ring is 1. The van der Waals surface area contributed by atoms with Crippen LogP contribution in [0, 0.1) is 11.2 Å². The van der Waals surface area contributed by atoms with Crippen molar-refractivity contribution in [1.29, 1.82) is 0 Å². The molecule has 2 fully saturated rings. The van der Waals surface area contributed by atoms with Gasteiger partial charge in [-0.15, -0.1) is 0 Å². The molecule has 0 radical (unpaired) electrons. The first kappa shape index (κ1) is 33.8. The van der Waals surface area contributed by atoms with Crippen LogP contribution in [0.4, 0.5) is 29.2 Å². The lowest BCUT2D eigenvalue weighted by atomic mass is 9.85. The lowest BCUT2D eigenvalue weighted by Gasteiger charge is -2.42. The maximum absolute atomic E-state index is 13.6. The molecule has 5 heterocycles. The molecule has 2 aliphatic heterocycles. The van der Waals surface area contributed by atoms with Crippen molar-refractivity contribution in [2.75, 3.05) is 37.4 Å². The monoisotopic (exact) mass is 699 g/mol. The Labute approximate surface area is 290 Å². The van der Waals surface area contributed by atoms with Crippen molar-refractivity contribution in [2.45, 2.75) is 31.9 Å². The highest BCUT2D eigenvalue weighted by Crippen LogP contribution is 2.37. The second-order valence-electron chi connectivity index (χ2n) is 13.1. The molecule has 3 N–H and O–H groups in total. The van der Waals surface area contributed by atoms with Crippen LogP contribution in [0.5, 0.6) is 0 Å². The summed E-state index contributed by atoms with van der Waals surface area (Å²) >= 11 is 0. The van der Waals surface area contributed by atoms with E-state index in [4.69, 9.17) is 15.5 Å². The van der Waals surface area contributed by atoms with Gasteiger partial charge in [0.2, 0.25) is 5.91 Å². The molecule has 14 heteroatoms. The number of nitrogens with two attached hydrogens (primary N) is 1. The average Bonchev–Trinajstić information content (AvgIpc) is 3.52. The number of anilines is 2. The topological polar surface area (TPSA) is 128 Å². The van der Waals surface area contributed by atoms with Crippen LogP contribution in [-0.4, -0.2) is 62.4 Å². The van der Waals surface area contributed by atoms with E-state index in [2.05, 4.69) is 15.3 Å². The van der Waals surface area contributed by atoms with Crippen molar-refractivity contribution in [1.82, 2.24) is 24.3 Å². The highest BCUT2D eigenvalue weighted by atomic mass is 19.4. The zero-order valence-corrected chi connectivity index (χ0v) is 27.5. The van der Waals surface area contributed by atoms with Gasteiger partial charge in [-0.05, 0) is 67.8 Å². The summed E-state index contributed by atoms with van der Waals surface area (Å²) in [4.78, 5) is 41.8. The van der Waals surface area contributed by atoms with E-state index in [1.807, 2.05) is 28.4 Å². The third-order valence-electron chi connectivity index (χ3n) is 9.24. The molecule has 0 unspecified atom stereocenters. The van der Waals surface area contributed by atoms with Gasteiger partial charge in [-0.2, -0.15) is 13.2 Å². The molecule has 1 atom stereocenters. The number of halogens is 4. The zero-order chi connectivity index (χ0) is 35.9. The van der Waals surface area contributed by atoms with Gasteiger partial charge in [-0.1, -0.05) is 30.3 Å². The fraction of sp³-hybridized carbons (Fsp3) is 0.270. The average molecular weight is 700 g/mol. The van der Waals surface area contributed by atoms with E-state index < -0.39 is 23.1 Å². The van der Waals surface area contributed by atoms with Gasteiger partial charge in [-0.3, -0.25) is 14.0 Å². The Morgan fingerprint density at radius 2 is 1.78 bits per heavy atom. The molecule has 5 aromatic rings. The van der Waals surface area contributed by atoms with Gasteiger partial charge in [0, 0.05) is 36.3 Å². The highest BCUT2D eigenvalue weighted by Gasteiger charge is 2.45. The minimum absolute atomic E-state index is 0.0475. The molecular formula is C37H33F4N7O3. The summed E-state index contributed by atoms with van der Waals surface area (Å²) in [5.41, 5.74) is 8.30.